The summed E-state index contributed by atoms with van der Waals surface area (Å²) < 4.78 is 12.9. The summed E-state index contributed by atoms with van der Waals surface area (Å²) in [5, 5.41) is 0. The van der Waals surface area contributed by atoms with Gasteiger partial charge in [-0.05, 0) is 60.4 Å². The standard InChI is InChI=1S/C28H25N2O3/c31-19-32-18-29-26-10-4-5-12-27(26)33-28(29)16-14-20-13-15-25-23(17-20)22-9-6-11-24(22)30(25)21-7-2-1-3-8-21/h1-5,7-8,10,12-17,19,22,24H,6,9,11,18H2/q+1. The van der Waals surface area contributed by atoms with E-state index in [1.807, 2.05) is 34.9 Å². The Labute approximate surface area is 192 Å². The number of para-hydroxylation sites is 3. The molecule has 3 aromatic carbocycles. The fraction of sp³-hybridized carbons (Fsp3) is 0.214. The van der Waals surface area contributed by atoms with Gasteiger partial charge in [0.2, 0.25) is 5.58 Å². The number of aromatic nitrogens is 1. The molecular formula is C28H25N2O3+. The summed E-state index contributed by atoms with van der Waals surface area (Å²) in [5.41, 5.74) is 6.82. The highest BCUT2D eigenvalue weighted by molar-refractivity contribution is 5.77. The highest BCUT2D eigenvalue weighted by Crippen LogP contribution is 2.52. The number of rotatable bonds is 6. The van der Waals surface area contributed by atoms with Gasteiger partial charge in [0.05, 0.1) is 6.08 Å². The summed E-state index contributed by atoms with van der Waals surface area (Å²) in [4.78, 5) is 13.3. The Hall–Kier alpha value is -3.86. The van der Waals surface area contributed by atoms with Gasteiger partial charge in [0.25, 0.3) is 18.7 Å². The van der Waals surface area contributed by atoms with Crippen LogP contribution in [0.15, 0.2) is 77.2 Å². The van der Waals surface area contributed by atoms with E-state index >= 15 is 0 Å². The second kappa shape index (κ2) is 8.24. The third kappa shape index (κ3) is 3.41. The van der Waals surface area contributed by atoms with Crippen LogP contribution in [0.25, 0.3) is 23.3 Å². The number of anilines is 2. The summed E-state index contributed by atoms with van der Waals surface area (Å²) in [6.45, 7) is 0.569. The summed E-state index contributed by atoms with van der Waals surface area (Å²) in [5.74, 6) is 1.22. The van der Waals surface area contributed by atoms with E-state index in [9.17, 15) is 4.79 Å². The normalized spacial score (nSPS) is 19.2. The molecule has 2 unspecified atom stereocenters. The average Bonchev–Trinajstić information content (AvgIpc) is 3.54. The number of hydrogen-bond donors (Lipinski definition) is 0. The smallest absolute Gasteiger partial charge is 0.377 e. The minimum absolute atomic E-state index is 0.111. The van der Waals surface area contributed by atoms with Crippen LogP contribution < -0.4 is 9.47 Å². The van der Waals surface area contributed by atoms with E-state index in [1.165, 1.54) is 36.2 Å². The molecule has 0 saturated heterocycles. The molecule has 0 amide bonds. The van der Waals surface area contributed by atoms with Crippen molar-refractivity contribution >= 4 is 41.1 Å². The van der Waals surface area contributed by atoms with Crippen LogP contribution in [0.1, 0.15) is 42.2 Å². The predicted octanol–water partition coefficient (Wildman–Crippen LogP) is 5.81. The monoisotopic (exact) mass is 437 g/mol. The summed E-state index contributed by atoms with van der Waals surface area (Å²) in [7, 11) is 0. The number of carbonyl (C=O) groups is 1. The van der Waals surface area contributed by atoms with Gasteiger partial charge in [-0.2, -0.15) is 0 Å². The number of fused-ring (bicyclic) bond motifs is 4. The van der Waals surface area contributed by atoms with Crippen LogP contribution >= 0.6 is 0 Å². The van der Waals surface area contributed by atoms with Gasteiger partial charge in [-0.1, -0.05) is 42.8 Å². The molecule has 1 fully saturated rings. The molecule has 0 radical (unpaired) electrons. The third-order valence-corrected chi connectivity index (χ3v) is 6.88. The van der Waals surface area contributed by atoms with E-state index in [0.717, 1.165) is 16.7 Å². The van der Waals surface area contributed by atoms with Gasteiger partial charge in [0.1, 0.15) is 0 Å². The van der Waals surface area contributed by atoms with E-state index in [4.69, 9.17) is 9.15 Å². The molecule has 5 nitrogen and oxygen atoms in total. The van der Waals surface area contributed by atoms with E-state index in [1.54, 1.807) is 0 Å². The minimum Gasteiger partial charge on any atom is -0.407 e. The first-order valence-corrected chi connectivity index (χ1v) is 11.5. The molecule has 2 heterocycles. The molecule has 0 bridgehead atoms. The zero-order chi connectivity index (χ0) is 22.2. The van der Waals surface area contributed by atoms with Crippen molar-refractivity contribution in [2.45, 2.75) is 38.0 Å². The number of hydrogen-bond acceptors (Lipinski definition) is 4. The maximum Gasteiger partial charge on any atom is 0.377 e. The van der Waals surface area contributed by atoms with Crippen LogP contribution in [0.2, 0.25) is 0 Å². The second-order valence-corrected chi connectivity index (χ2v) is 8.69. The molecule has 1 aromatic heterocycles. The SMILES string of the molecule is O=COC[n+]1c(C=Cc2ccc3c(c2)C2CCCC2N3c2ccccc2)oc2ccccc21. The average molecular weight is 438 g/mol. The first-order chi connectivity index (χ1) is 16.3. The lowest BCUT2D eigenvalue weighted by Crippen LogP contribution is -2.36. The molecule has 1 aliphatic carbocycles. The lowest BCUT2D eigenvalue weighted by atomic mass is 9.96. The van der Waals surface area contributed by atoms with Gasteiger partial charge in [-0.25, -0.2) is 0 Å². The Morgan fingerprint density at radius 1 is 1.00 bits per heavy atom. The van der Waals surface area contributed by atoms with E-state index in [-0.39, 0.29) is 6.73 Å². The first kappa shape index (κ1) is 19.8. The maximum atomic E-state index is 10.8. The zero-order valence-corrected chi connectivity index (χ0v) is 18.3. The van der Waals surface area contributed by atoms with Gasteiger partial charge in [-0.15, -0.1) is 4.57 Å². The van der Waals surface area contributed by atoms with Gasteiger partial charge in [0, 0.05) is 29.4 Å². The molecular weight excluding hydrogens is 412 g/mol. The van der Waals surface area contributed by atoms with Crippen LogP contribution in [0.3, 0.4) is 0 Å². The topological polar surface area (TPSA) is 46.6 Å². The van der Waals surface area contributed by atoms with Crippen LogP contribution in [-0.4, -0.2) is 12.5 Å². The Morgan fingerprint density at radius 2 is 1.85 bits per heavy atom. The minimum atomic E-state index is 0.111. The van der Waals surface area contributed by atoms with Gasteiger partial charge >= 0.3 is 5.89 Å². The van der Waals surface area contributed by atoms with Crippen molar-refractivity contribution in [3.05, 3.63) is 89.8 Å². The molecule has 1 aliphatic heterocycles. The van der Waals surface area contributed by atoms with Gasteiger partial charge in [-0.3, -0.25) is 4.79 Å². The number of carbonyl (C=O) groups excluding carboxylic acids is 1. The molecule has 5 heteroatoms. The van der Waals surface area contributed by atoms with Crippen molar-refractivity contribution < 1.29 is 18.5 Å². The zero-order valence-electron chi connectivity index (χ0n) is 18.3. The third-order valence-electron chi connectivity index (χ3n) is 6.88. The molecule has 6 rings (SSSR count). The summed E-state index contributed by atoms with van der Waals surface area (Å²) in [6, 6.07) is 25.8. The largest absolute Gasteiger partial charge is 0.407 e. The van der Waals surface area contributed by atoms with Crippen molar-refractivity contribution in [2.24, 2.45) is 0 Å². The Morgan fingerprint density at radius 3 is 2.73 bits per heavy atom. The lowest BCUT2D eigenvalue weighted by Gasteiger charge is -2.27. The predicted molar refractivity (Wildman–Crippen MR) is 128 cm³/mol. The van der Waals surface area contributed by atoms with E-state index in [2.05, 4.69) is 59.5 Å². The molecule has 33 heavy (non-hydrogen) atoms. The first-order valence-electron chi connectivity index (χ1n) is 11.5. The van der Waals surface area contributed by atoms with Crippen molar-refractivity contribution in [3.8, 4) is 0 Å². The molecule has 2 aliphatic rings. The molecule has 0 spiro atoms. The van der Waals surface area contributed by atoms with Crippen LogP contribution in [-0.2, 0) is 16.3 Å². The fourth-order valence-corrected chi connectivity index (χ4v) is 5.49. The number of benzene rings is 3. The van der Waals surface area contributed by atoms with E-state index in [0.29, 0.717) is 24.3 Å². The number of nitrogens with zero attached hydrogens (tertiary/aromatic N) is 2. The lowest BCUT2D eigenvalue weighted by molar-refractivity contribution is -0.709. The molecule has 4 aromatic rings. The fourth-order valence-electron chi connectivity index (χ4n) is 5.49. The highest BCUT2D eigenvalue weighted by atomic mass is 16.5. The van der Waals surface area contributed by atoms with Gasteiger partial charge < -0.3 is 14.1 Å². The summed E-state index contributed by atoms with van der Waals surface area (Å²) >= 11 is 0. The molecule has 0 N–H and O–H groups in total. The van der Waals surface area contributed by atoms with Crippen LogP contribution in [0.5, 0.6) is 0 Å². The maximum absolute atomic E-state index is 10.8. The van der Waals surface area contributed by atoms with Gasteiger partial charge in [0.15, 0.2) is 0 Å². The highest BCUT2D eigenvalue weighted by Gasteiger charge is 2.41. The van der Waals surface area contributed by atoms with Crippen molar-refractivity contribution in [1.82, 2.24) is 0 Å². The number of ether oxygens (including phenoxy) is 1. The molecule has 164 valence electrons. The Bertz CT molecular complexity index is 1340. The quantitative estimate of drug-likeness (QED) is 0.282. The molecule has 2 atom stereocenters. The Balaban J connectivity index is 1.36. The van der Waals surface area contributed by atoms with Crippen LogP contribution in [0, 0.1) is 0 Å². The van der Waals surface area contributed by atoms with Crippen molar-refractivity contribution in [3.63, 3.8) is 0 Å². The van der Waals surface area contributed by atoms with Crippen molar-refractivity contribution in [1.29, 1.82) is 0 Å². The van der Waals surface area contributed by atoms with Crippen LogP contribution in [0.4, 0.5) is 11.4 Å². The second-order valence-electron chi connectivity index (χ2n) is 8.69. The van der Waals surface area contributed by atoms with Crippen molar-refractivity contribution in [2.75, 3.05) is 4.90 Å². The summed E-state index contributed by atoms with van der Waals surface area (Å²) in [6.07, 6.45) is 7.76. The molecule has 1 saturated carbocycles. The number of oxazole rings is 1. The van der Waals surface area contributed by atoms with E-state index < -0.39 is 0 Å². The Kier molecular flexibility index (Phi) is 4.95.